The molecule has 4 rings (SSSR count). The molecule has 34 heavy (non-hydrogen) atoms. The molecule has 0 N–H and O–H groups in total. The Morgan fingerprint density at radius 1 is 0.471 bits per heavy atom. The van der Waals surface area contributed by atoms with Gasteiger partial charge in [-0.05, 0) is 0 Å². The molecule has 0 saturated heterocycles. The van der Waals surface area contributed by atoms with E-state index >= 15 is 0 Å². The molecule has 0 unspecified atom stereocenters. The van der Waals surface area contributed by atoms with Crippen LogP contribution >= 0.6 is 24.8 Å². The van der Waals surface area contributed by atoms with Crippen LogP contribution in [0.2, 0.25) is 26.2 Å². The summed E-state index contributed by atoms with van der Waals surface area (Å²) in [6.45, 7) is 19.2. The topological polar surface area (TPSA) is 0 Å². The zero-order chi connectivity index (χ0) is 23.4. The van der Waals surface area contributed by atoms with E-state index in [-0.39, 0.29) is 35.8 Å². The zero-order valence-corrected chi connectivity index (χ0v) is 33.1. The van der Waals surface area contributed by atoms with Crippen LogP contribution in [0.15, 0.2) is 84.2 Å². The molecule has 0 atom stereocenters. The normalized spacial score (nSPS) is 17.9. The van der Waals surface area contributed by atoms with Crippen molar-refractivity contribution in [3.05, 3.63) is 84.2 Å². The van der Waals surface area contributed by atoms with Gasteiger partial charge in [-0.2, -0.15) is 0 Å². The summed E-state index contributed by atoms with van der Waals surface area (Å²) in [5.74, 6) is 0. The number of halogens is 2. The first-order valence-electron chi connectivity index (χ1n) is 12.0. The third-order valence-electron chi connectivity index (χ3n) is 6.47. The summed E-state index contributed by atoms with van der Waals surface area (Å²) in [6.07, 6.45) is 24.8. The minimum absolute atomic E-state index is 0. The zero-order valence-electron chi connectivity index (χ0n) is 22.3. The molecule has 4 aliphatic rings. The van der Waals surface area contributed by atoms with Gasteiger partial charge in [-0.3, -0.25) is 0 Å². The maximum atomic E-state index is 2.54. The Morgan fingerprint density at radius 3 is 0.794 bits per heavy atom. The Hall–Kier alpha value is 0.674. The smallest absolute Gasteiger partial charge is 0.147 e. The molecular formula is C28H42Cl2Hf2Si2. The van der Waals surface area contributed by atoms with Crippen LogP contribution in [0.1, 0.15) is 53.4 Å². The van der Waals surface area contributed by atoms with Gasteiger partial charge < -0.3 is 0 Å². The van der Waals surface area contributed by atoms with Crippen molar-refractivity contribution < 1.29 is 40.1 Å². The molecule has 0 aromatic heterocycles. The molecule has 6 heteroatoms. The Bertz CT molecular complexity index is 963. The van der Waals surface area contributed by atoms with Crippen molar-refractivity contribution in [2.75, 3.05) is 0 Å². The van der Waals surface area contributed by atoms with E-state index in [2.05, 4.69) is 102 Å². The SMILES string of the molecule is CC1=CC[C]([Hf]([C]2=CC(C)=CC2)=[Si](C)C)=C1.CC1=CC[C]([Hf]([C]2=CC(C)=CC2)=[Si](C)C)=C1.Cl.Cl. The van der Waals surface area contributed by atoms with Crippen LogP contribution in [0.5, 0.6) is 0 Å². The molecule has 0 amide bonds. The molecule has 0 nitrogen and oxygen atoms in total. The van der Waals surface area contributed by atoms with Gasteiger partial charge >= 0.3 is 215 Å². The van der Waals surface area contributed by atoms with Crippen molar-refractivity contribution in [2.24, 2.45) is 0 Å². The fourth-order valence-corrected chi connectivity index (χ4v) is 53.7. The fraction of sp³-hybridized carbons (Fsp3) is 0.429. The maximum absolute atomic E-state index is 2.54. The molecule has 0 saturated carbocycles. The average molecular weight is 863 g/mol. The van der Waals surface area contributed by atoms with Crippen LogP contribution in [0.4, 0.5) is 0 Å². The van der Waals surface area contributed by atoms with E-state index in [1.165, 1.54) is 48.0 Å². The van der Waals surface area contributed by atoms with Crippen LogP contribution in [0.3, 0.4) is 0 Å². The van der Waals surface area contributed by atoms with Crippen LogP contribution in [-0.4, -0.2) is 11.0 Å². The monoisotopic (exact) mass is 864 g/mol. The molecule has 184 valence electrons. The molecule has 0 spiro atoms. The predicted molar refractivity (Wildman–Crippen MR) is 155 cm³/mol. The van der Waals surface area contributed by atoms with E-state index in [9.17, 15) is 0 Å². The summed E-state index contributed by atoms with van der Waals surface area (Å²) in [5.41, 5.74) is 5.86. The molecule has 0 heterocycles. The second-order valence-corrected chi connectivity index (χ2v) is 58.4. The van der Waals surface area contributed by atoms with Crippen LogP contribution in [0, 0.1) is 0 Å². The first kappa shape index (κ1) is 32.7. The number of rotatable bonds is 4. The van der Waals surface area contributed by atoms with Crippen LogP contribution < -0.4 is 0 Å². The largest absolute Gasteiger partial charge is 0.147 e. The van der Waals surface area contributed by atoms with Gasteiger partial charge in [0.05, 0.1) is 0 Å². The van der Waals surface area contributed by atoms with Crippen molar-refractivity contribution in [2.45, 2.75) is 79.6 Å². The number of hydrogen-bond acceptors (Lipinski definition) is 0. The van der Waals surface area contributed by atoms with Crippen molar-refractivity contribution in [1.82, 2.24) is 0 Å². The van der Waals surface area contributed by atoms with Gasteiger partial charge in [0.15, 0.2) is 0 Å². The summed E-state index contributed by atoms with van der Waals surface area (Å²) in [6, 6.07) is 0. The summed E-state index contributed by atoms with van der Waals surface area (Å²) in [5, 5.41) is 0. The Labute approximate surface area is 237 Å². The summed E-state index contributed by atoms with van der Waals surface area (Å²) < 4.78 is 7.48. The molecule has 0 fully saturated rings. The Balaban J connectivity index is 0.000000321. The van der Waals surface area contributed by atoms with E-state index in [0.717, 1.165) is 0 Å². The third-order valence-corrected chi connectivity index (χ3v) is 54.8. The summed E-state index contributed by atoms with van der Waals surface area (Å²) in [4.78, 5) is 0. The Kier molecular flexibility index (Phi) is 14.6. The predicted octanol–water partition coefficient (Wildman–Crippen LogP) is 9.49. The molecule has 0 radical (unpaired) electrons. The van der Waals surface area contributed by atoms with Crippen molar-refractivity contribution in [3.63, 3.8) is 0 Å². The Morgan fingerprint density at radius 2 is 0.676 bits per heavy atom. The summed E-state index contributed by atoms with van der Waals surface area (Å²) >= 11 is -3.17. The van der Waals surface area contributed by atoms with Crippen molar-refractivity contribution in [1.29, 1.82) is 0 Å². The van der Waals surface area contributed by atoms with Crippen molar-refractivity contribution in [3.8, 4) is 0 Å². The van der Waals surface area contributed by atoms with Gasteiger partial charge in [0.25, 0.3) is 0 Å². The second kappa shape index (κ2) is 15.2. The second-order valence-electron chi connectivity index (χ2n) is 10.0. The third kappa shape index (κ3) is 8.90. The van der Waals surface area contributed by atoms with Gasteiger partial charge in [-0.1, -0.05) is 0 Å². The molecule has 0 aliphatic heterocycles. The van der Waals surface area contributed by atoms with Crippen molar-refractivity contribution >= 4 is 35.8 Å². The fourth-order valence-electron chi connectivity index (χ4n) is 5.05. The van der Waals surface area contributed by atoms with Gasteiger partial charge in [0.2, 0.25) is 0 Å². The van der Waals surface area contributed by atoms with E-state index in [4.69, 9.17) is 0 Å². The standard InChI is InChI=1S/4C6H7.2C2H6Si.2ClH.2Hf/c4*1-6-4-2-3-5-6;2*1-3-2;;;;/h4*4-5H,2H2,1H3;2*1-2H3;2*1H;;. The molecule has 0 aromatic carbocycles. The first-order valence-corrected chi connectivity index (χ1v) is 35.0. The number of hydrogen-bond donors (Lipinski definition) is 0. The number of allylic oxidation sites excluding steroid dienone is 16. The minimum atomic E-state index is -1.58. The van der Waals surface area contributed by atoms with Gasteiger partial charge in [0, 0.05) is 0 Å². The van der Waals surface area contributed by atoms with E-state index < -0.39 is 40.1 Å². The molecule has 4 aliphatic carbocycles. The van der Waals surface area contributed by atoms with E-state index in [1.54, 1.807) is 0 Å². The van der Waals surface area contributed by atoms with Crippen LogP contribution in [-0.2, 0) is 40.1 Å². The average Bonchev–Trinajstić information content (AvgIpc) is 3.48. The van der Waals surface area contributed by atoms with Gasteiger partial charge in [-0.15, -0.1) is 24.8 Å². The summed E-state index contributed by atoms with van der Waals surface area (Å²) in [7, 11) is 0. The van der Waals surface area contributed by atoms with Crippen LogP contribution in [0.25, 0.3) is 0 Å². The van der Waals surface area contributed by atoms with E-state index in [0.29, 0.717) is 0 Å². The molecule has 0 bridgehead atoms. The first-order chi connectivity index (χ1) is 15.2. The quantitative estimate of drug-likeness (QED) is 0.248. The minimum Gasteiger partial charge on any atom is -0.147 e. The van der Waals surface area contributed by atoms with E-state index in [1.807, 2.05) is 13.3 Å². The maximum Gasteiger partial charge on any atom is -0.147 e. The molecular weight excluding hydrogens is 820 g/mol. The van der Waals surface area contributed by atoms with Gasteiger partial charge in [0.1, 0.15) is 0 Å². The molecule has 0 aromatic rings. The van der Waals surface area contributed by atoms with Gasteiger partial charge in [-0.25, -0.2) is 0 Å².